The molecule has 1 aromatic carbocycles. The SMILES string of the molecule is Nc1nc(-c2cc(-c3ccon3)n(Cc3ccccc3F)n2)ncc1-c1nccs1. The second-order valence-electron chi connectivity index (χ2n) is 6.38. The Morgan fingerprint density at radius 1 is 1.13 bits per heavy atom. The van der Waals surface area contributed by atoms with E-state index in [1.54, 1.807) is 47.4 Å². The van der Waals surface area contributed by atoms with Gasteiger partial charge in [-0.3, -0.25) is 4.68 Å². The molecule has 0 unspecified atom stereocenters. The Labute approximate surface area is 173 Å². The van der Waals surface area contributed by atoms with Crippen molar-refractivity contribution in [3.63, 3.8) is 0 Å². The number of anilines is 1. The van der Waals surface area contributed by atoms with Gasteiger partial charge in [0.1, 0.15) is 34.3 Å². The summed E-state index contributed by atoms with van der Waals surface area (Å²) >= 11 is 1.45. The Morgan fingerprint density at radius 3 is 2.77 bits per heavy atom. The molecule has 30 heavy (non-hydrogen) atoms. The van der Waals surface area contributed by atoms with Gasteiger partial charge in [0.2, 0.25) is 0 Å². The van der Waals surface area contributed by atoms with Gasteiger partial charge in [-0.2, -0.15) is 5.10 Å². The quantitative estimate of drug-likeness (QED) is 0.460. The predicted octanol–water partition coefficient (Wildman–Crippen LogP) is 3.89. The van der Waals surface area contributed by atoms with Crippen molar-refractivity contribution in [2.24, 2.45) is 0 Å². The van der Waals surface area contributed by atoms with Crippen molar-refractivity contribution in [1.29, 1.82) is 0 Å². The van der Waals surface area contributed by atoms with Crippen molar-refractivity contribution in [2.45, 2.75) is 6.54 Å². The van der Waals surface area contributed by atoms with Crippen molar-refractivity contribution < 1.29 is 8.91 Å². The third-order valence-electron chi connectivity index (χ3n) is 4.47. The van der Waals surface area contributed by atoms with Gasteiger partial charge in [0.15, 0.2) is 5.82 Å². The van der Waals surface area contributed by atoms with Crippen LogP contribution in [0.2, 0.25) is 0 Å². The maximum absolute atomic E-state index is 14.2. The first-order valence-electron chi connectivity index (χ1n) is 8.94. The van der Waals surface area contributed by atoms with Crippen molar-refractivity contribution in [3.8, 4) is 33.5 Å². The Morgan fingerprint density at radius 2 is 2.03 bits per heavy atom. The summed E-state index contributed by atoms with van der Waals surface area (Å²) in [5.41, 5.74) is 9.00. The molecule has 5 rings (SSSR count). The minimum absolute atomic E-state index is 0.210. The summed E-state index contributed by atoms with van der Waals surface area (Å²) in [6.07, 6.45) is 4.79. The summed E-state index contributed by atoms with van der Waals surface area (Å²) in [6.45, 7) is 0.210. The van der Waals surface area contributed by atoms with E-state index in [1.807, 2.05) is 5.38 Å². The van der Waals surface area contributed by atoms with Crippen LogP contribution in [0.1, 0.15) is 5.56 Å². The van der Waals surface area contributed by atoms with E-state index in [0.29, 0.717) is 39.9 Å². The molecule has 0 saturated carbocycles. The number of nitrogens with zero attached hydrogens (tertiary/aromatic N) is 6. The maximum atomic E-state index is 14.2. The van der Waals surface area contributed by atoms with Crippen LogP contribution in [0.15, 0.2) is 65.0 Å². The Kier molecular flexibility index (Phi) is 4.52. The molecule has 0 spiro atoms. The van der Waals surface area contributed by atoms with Crippen LogP contribution in [0.5, 0.6) is 0 Å². The van der Waals surface area contributed by atoms with E-state index in [-0.39, 0.29) is 12.4 Å². The van der Waals surface area contributed by atoms with Crippen molar-refractivity contribution >= 4 is 17.2 Å². The smallest absolute Gasteiger partial charge is 0.182 e. The number of hydrogen-bond acceptors (Lipinski definition) is 8. The second kappa shape index (κ2) is 7.48. The van der Waals surface area contributed by atoms with Gasteiger partial charge in [-0.25, -0.2) is 19.3 Å². The molecule has 148 valence electrons. The Bertz CT molecular complexity index is 1300. The van der Waals surface area contributed by atoms with Crippen LogP contribution in [-0.4, -0.2) is 29.9 Å². The van der Waals surface area contributed by atoms with E-state index in [1.165, 1.54) is 23.7 Å². The van der Waals surface area contributed by atoms with Crippen LogP contribution < -0.4 is 5.73 Å². The zero-order valence-corrected chi connectivity index (χ0v) is 16.3. The maximum Gasteiger partial charge on any atom is 0.182 e. The largest absolute Gasteiger partial charge is 0.383 e. The molecule has 8 nitrogen and oxygen atoms in total. The third kappa shape index (κ3) is 3.33. The number of halogens is 1. The molecule has 0 atom stereocenters. The first kappa shape index (κ1) is 18.1. The van der Waals surface area contributed by atoms with E-state index in [2.05, 4.69) is 25.2 Å². The second-order valence-corrected chi connectivity index (χ2v) is 7.27. The van der Waals surface area contributed by atoms with Gasteiger partial charge in [-0.15, -0.1) is 11.3 Å². The predicted molar refractivity (Wildman–Crippen MR) is 110 cm³/mol. The lowest BCUT2D eigenvalue weighted by Gasteiger charge is -2.06. The van der Waals surface area contributed by atoms with Gasteiger partial charge < -0.3 is 10.3 Å². The first-order valence-corrected chi connectivity index (χ1v) is 9.82. The summed E-state index contributed by atoms with van der Waals surface area (Å²) in [4.78, 5) is 13.0. The van der Waals surface area contributed by atoms with Gasteiger partial charge in [0.25, 0.3) is 0 Å². The lowest BCUT2D eigenvalue weighted by Crippen LogP contribution is -2.06. The number of rotatable bonds is 5. The fraction of sp³-hybridized carbons (Fsp3) is 0.0500. The number of benzene rings is 1. The minimum Gasteiger partial charge on any atom is -0.383 e. The molecule has 0 fully saturated rings. The highest BCUT2D eigenvalue weighted by atomic mass is 32.1. The zero-order chi connectivity index (χ0) is 20.5. The van der Waals surface area contributed by atoms with Crippen LogP contribution in [0.25, 0.3) is 33.5 Å². The van der Waals surface area contributed by atoms with Gasteiger partial charge in [0.05, 0.1) is 17.8 Å². The molecule has 10 heteroatoms. The van der Waals surface area contributed by atoms with E-state index in [0.717, 1.165) is 5.01 Å². The number of nitrogen functional groups attached to an aromatic ring is 1. The van der Waals surface area contributed by atoms with E-state index < -0.39 is 0 Å². The summed E-state index contributed by atoms with van der Waals surface area (Å²) in [5.74, 6) is 0.348. The third-order valence-corrected chi connectivity index (χ3v) is 5.27. The van der Waals surface area contributed by atoms with Gasteiger partial charge in [-0.05, 0) is 12.1 Å². The molecule has 0 aliphatic heterocycles. The van der Waals surface area contributed by atoms with Crippen LogP contribution in [-0.2, 0) is 6.54 Å². The van der Waals surface area contributed by atoms with Gasteiger partial charge >= 0.3 is 0 Å². The molecule has 5 aromatic rings. The lowest BCUT2D eigenvalue weighted by molar-refractivity contribution is 0.421. The lowest BCUT2D eigenvalue weighted by atomic mass is 10.2. The van der Waals surface area contributed by atoms with Crippen LogP contribution >= 0.6 is 11.3 Å². The number of thiazole rings is 1. The Balaban J connectivity index is 1.56. The van der Waals surface area contributed by atoms with Crippen LogP contribution in [0.3, 0.4) is 0 Å². The fourth-order valence-corrected chi connectivity index (χ4v) is 3.68. The summed E-state index contributed by atoms with van der Waals surface area (Å²) < 4.78 is 20.8. The molecular weight excluding hydrogens is 405 g/mol. The van der Waals surface area contributed by atoms with Gasteiger partial charge in [-0.1, -0.05) is 23.4 Å². The summed E-state index contributed by atoms with van der Waals surface area (Å²) in [7, 11) is 0. The van der Waals surface area contributed by atoms with Crippen LogP contribution in [0.4, 0.5) is 10.2 Å². The van der Waals surface area contributed by atoms with Gasteiger partial charge in [0, 0.05) is 29.4 Å². The standard InChI is InChI=1S/C20H14FN7OS/c21-14-4-2-1-3-12(14)11-28-17(15-5-7-29-27-15)9-16(26-28)19-24-10-13(18(22)25-19)20-23-6-8-30-20/h1-10H,11H2,(H2,22,24,25). The molecule has 4 heterocycles. The van der Waals surface area contributed by atoms with E-state index in [4.69, 9.17) is 10.3 Å². The van der Waals surface area contributed by atoms with E-state index in [9.17, 15) is 4.39 Å². The first-order chi connectivity index (χ1) is 14.7. The number of hydrogen-bond donors (Lipinski definition) is 1. The van der Waals surface area contributed by atoms with E-state index >= 15 is 0 Å². The monoisotopic (exact) mass is 419 g/mol. The minimum atomic E-state index is -0.311. The molecule has 0 radical (unpaired) electrons. The molecule has 4 aromatic heterocycles. The summed E-state index contributed by atoms with van der Waals surface area (Å²) in [6, 6.07) is 10.0. The molecule has 0 aliphatic rings. The van der Waals surface area contributed by atoms with Crippen molar-refractivity contribution in [2.75, 3.05) is 5.73 Å². The molecule has 0 aliphatic carbocycles. The number of nitrogens with two attached hydrogens (primary N) is 1. The highest BCUT2D eigenvalue weighted by molar-refractivity contribution is 7.13. The zero-order valence-electron chi connectivity index (χ0n) is 15.4. The van der Waals surface area contributed by atoms with Crippen molar-refractivity contribution in [1.82, 2.24) is 29.9 Å². The Hall–Kier alpha value is -3.92. The summed E-state index contributed by atoms with van der Waals surface area (Å²) in [5, 5.41) is 11.2. The highest BCUT2D eigenvalue weighted by Crippen LogP contribution is 2.29. The normalized spacial score (nSPS) is 11.1. The van der Waals surface area contributed by atoms with Crippen molar-refractivity contribution in [3.05, 3.63) is 71.8 Å². The average molecular weight is 419 g/mol. The molecule has 0 amide bonds. The topological polar surface area (TPSA) is 109 Å². The molecule has 0 bridgehead atoms. The van der Waals surface area contributed by atoms with Crippen LogP contribution in [0, 0.1) is 5.82 Å². The highest BCUT2D eigenvalue weighted by Gasteiger charge is 2.18. The molecular formula is C20H14FN7OS. The fourth-order valence-electron chi connectivity index (χ4n) is 3.03. The number of aromatic nitrogens is 6. The molecule has 0 saturated heterocycles. The molecule has 2 N–H and O–H groups in total. The average Bonchev–Trinajstić information content (AvgIpc) is 3.51.